The second kappa shape index (κ2) is 5.07. The Morgan fingerprint density at radius 1 is 1.41 bits per heavy atom. The molecule has 0 aliphatic carbocycles. The van der Waals surface area contributed by atoms with Crippen LogP contribution in [0.5, 0.6) is 0 Å². The van der Waals surface area contributed by atoms with Gasteiger partial charge in [-0.1, -0.05) is 0 Å². The lowest BCUT2D eigenvalue weighted by atomic mass is 10.1. The van der Waals surface area contributed by atoms with Crippen LogP contribution in [0.1, 0.15) is 12.8 Å². The lowest BCUT2D eigenvalue weighted by Gasteiger charge is -2.30. The van der Waals surface area contributed by atoms with E-state index in [0.29, 0.717) is 13.1 Å². The summed E-state index contributed by atoms with van der Waals surface area (Å²) in [5.74, 6) is 0. The highest BCUT2D eigenvalue weighted by molar-refractivity contribution is 7.88. The first-order valence-electron chi connectivity index (χ1n) is 5.59. The fourth-order valence-electron chi connectivity index (χ4n) is 1.93. The highest BCUT2D eigenvalue weighted by atomic mass is 32.2. The van der Waals surface area contributed by atoms with E-state index in [-0.39, 0.29) is 11.2 Å². The van der Waals surface area contributed by atoms with Gasteiger partial charge in [-0.25, -0.2) is 18.4 Å². The van der Waals surface area contributed by atoms with E-state index in [1.54, 1.807) is 6.07 Å². The molecular weight excluding hydrogens is 240 g/mol. The molecule has 7 heteroatoms. The molecule has 1 aliphatic heterocycles. The molecule has 1 N–H and O–H groups in total. The summed E-state index contributed by atoms with van der Waals surface area (Å²) in [7, 11) is -1.69. The molecule has 0 unspecified atom stereocenters. The smallest absolute Gasteiger partial charge is 0.278 e. The average Bonchev–Trinajstić information content (AvgIpc) is 2.40. The fourth-order valence-corrected chi connectivity index (χ4v) is 3.30. The topological polar surface area (TPSA) is 75.2 Å². The predicted molar refractivity (Wildman–Crippen MR) is 62.9 cm³/mol. The normalized spacial score (nSPS) is 22.5. The molecule has 1 saturated heterocycles. The Balaban J connectivity index is 2.21. The third kappa shape index (κ3) is 2.62. The predicted octanol–water partition coefficient (Wildman–Crippen LogP) is -0.151. The van der Waals surface area contributed by atoms with Gasteiger partial charge in [0.1, 0.15) is 0 Å². The summed E-state index contributed by atoms with van der Waals surface area (Å²) in [6, 6.07) is 1.81. The second-order valence-corrected chi connectivity index (χ2v) is 5.85. The number of likely N-dealkylation sites (N-methyl/N-ethyl adjacent to an activating group) is 1. The van der Waals surface area contributed by atoms with Gasteiger partial charge in [0.15, 0.2) is 0 Å². The van der Waals surface area contributed by atoms with Gasteiger partial charge in [0, 0.05) is 31.5 Å². The van der Waals surface area contributed by atoms with E-state index in [4.69, 9.17) is 0 Å². The van der Waals surface area contributed by atoms with Gasteiger partial charge < -0.3 is 5.32 Å². The summed E-state index contributed by atoms with van der Waals surface area (Å²) in [6.45, 7) is 1.02. The van der Waals surface area contributed by atoms with Crippen molar-refractivity contribution in [3.63, 3.8) is 0 Å². The molecule has 2 rings (SSSR count). The number of nitrogens with zero attached hydrogens (tertiary/aromatic N) is 3. The first-order chi connectivity index (χ1) is 8.14. The third-order valence-electron chi connectivity index (χ3n) is 2.91. The zero-order valence-electron chi connectivity index (χ0n) is 9.70. The van der Waals surface area contributed by atoms with Crippen LogP contribution < -0.4 is 5.32 Å². The van der Waals surface area contributed by atoms with Crippen LogP contribution in [0.15, 0.2) is 23.6 Å². The van der Waals surface area contributed by atoms with Crippen LogP contribution in [0.2, 0.25) is 0 Å². The van der Waals surface area contributed by atoms with Crippen LogP contribution in [0.4, 0.5) is 0 Å². The van der Waals surface area contributed by atoms with Gasteiger partial charge in [-0.3, -0.25) is 0 Å². The lowest BCUT2D eigenvalue weighted by Crippen LogP contribution is -2.47. The molecule has 1 aromatic heterocycles. The van der Waals surface area contributed by atoms with Crippen molar-refractivity contribution in [3.8, 4) is 0 Å². The van der Waals surface area contributed by atoms with E-state index in [9.17, 15) is 8.42 Å². The standard InChI is InChI=1S/C10H16N4O2S/c1-11-9-4-2-7-14(8-9)17(15,16)10-12-5-3-6-13-10/h3,5-6,9,11H,2,4,7-8H2,1H3/t9-/m0/s1. The van der Waals surface area contributed by atoms with Crippen LogP contribution in [0, 0.1) is 0 Å². The van der Waals surface area contributed by atoms with E-state index in [2.05, 4.69) is 15.3 Å². The molecule has 0 aromatic carbocycles. The molecule has 0 bridgehead atoms. The number of hydrogen-bond acceptors (Lipinski definition) is 5. The van der Waals surface area contributed by atoms with Gasteiger partial charge in [0.05, 0.1) is 0 Å². The lowest BCUT2D eigenvalue weighted by molar-refractivity contribution is 0.291. The maximum Gasteiger partial charge on any atom is 0.278 e. The number of hydrogen-bond donors (Lipinski definition) is 1. The Kier molecular flexibility index (Phi) is 3.70. The monoisotopic (exact) mass is 256 g/mol. The number of piperidine rings is 1. The van der Waals surface area contributed by atoms with Gasteiger partial charge in [-0.05, 0) is 26.0 Å². The Bertz CT molecular complexity index is 462. The van der Waals surface area contributed by atoms with Gasteiger partial charge in [0.2, 0.25) is 0 Å². The number of nitrogens with one attached hydrogen (secondary N) is 1. The van der Waals surface area contributed by atoms with E-state index in [1.807, 2.05) is 7.05 Å². The highest BCUT2D eigenvalue weighted by Crippen LogP contribution is 2.17. The molecule has 1 fully saturated rings. The number of sulfonamides is 1. The SMILES string of the molecule is CN[C@H]1CCCN(S(=O)(=O)c2ncccn2)C1. The van der Waals surface area contributed by atoms with Crippen molar-refractivity contribution in [1.29, 1.82) is 0 Å². The van der Waals surface area contributed by atoms with E-state index in [0.717, 1.165) is 12.8 Å². The summed E-state index contributed by atoms with van der Waals surface area (Å²) in [5, 5.41) is 3.00. The molecule has 6 nitrogen and oxygen atoms in total. The van der Waals surface area contributed by atoms with Crippen molar-refractivity contribution in [1.82, 2.24) is 19.6 Å². The summed E-state index contributed by atoms with van der Waals surface area (Å²) < 4.78 is 25.9. The highest BCUT2D eigenvalue weighted by Gasteiger charge is 2.31. The molecular formula is C10H16N4O2S. The average molecular weight is 256 g/mol. The maximum absolute atomic E-state index is 12.2. The summed E-state index contributed by atoms with van der Waals surface area (Å²) in [6.07, 6.45) is 4.74. The van der Waals surface area contributed by atoms with Crippen molar-refractivity contribution in [3.05, 3.63) is 18.5 Å². The minimum atomic E-state index is -3.53. The second-order valence-electron chi connectivity index (χ2n) is 4.02. The summed E-state index contributed by atoms with van der Waals surface area (Å²) >= 11 is 0. The minimum Gasteiger partial charge on any atom is -0.316 e. The van der Waals surface area contributed by atoms with Crippen molar-refractivity contribution >= 4 is 10.0 Å². The molecule has 2 heterocycles. The third-order valence-corrected chi connectivity index (χ3v) is 4.59. The van der Waals surface area contributed by atoms with E-state index in [1.165, 1.54) is 16.7 Å². The van der Waals surface area contributed by atoms with Gasteiger partial charge in [0.25, 0.3) is 15.2 Å². The fraction of sp³-hybridized carbons (Fsp3) is 0.600. The molecule has 1 aliphatic rings. The Labute approximate surface area is 101 Å². The van der Waals surface area contributed by atoms with Crippen LogP contribution in [-0.2, 0) is 10.0 Å². The Hall–Kier alpha value is -1.05. The van der Waals surface area contributed by atoms with Gasteiger partial charge >= 0.3 is 0 Å². The number of rotatable bonds is 3. The van der Waals surface area contributed by atoms with Gasteiger partial charge in [-0.2, -0.15) is 4.31 Å². The molecule has 94 valence electrons. The number of aromatic nitrogens is 2. The molecule has 0 saturated carbocycles. The Morgan fingerprint density at radius 2 is 2.12 bits per heavy atom. The van der Waals surface area contributed by atoms with Crippen molar-refractivity contribution in [2.45, 2.75) is 24.0 Å². The van der Waals surface area contributed by atoms with E-state index >= 15 is 0 Å². The van der Waals surface area contributed by atoms with Crippen molar-refractivity contribution < 1.29 is 8.42 Å². The Morgan fingerprint density at radius 3 is 2.76 bits per heavy atom. The molecule has 0 radical (unpaired) electrons. The molecule has 1 aromatic rings. The zero-order chi connectivity index (χ0) is 12.3. The molecule has 1 atom stereocenters. The summed E-state index contributed by atoms with van der Waals surface area (Å²) in [4.78, 5) is 7.63. The first-order valence-corrected chi connectivity index (χ1v) is 7.03. The van der Waals surface area contributed by atoms with E-state index < -0.39 is 10.0 Å². The van der Waals surface area contributed by atoms with Crippen molar-refractivity contribution in [2.75, 3.05) is 20.1 Å². The molecule has 17 heavy (non-hydrogen) atoms. The van der Waals surface area contributed by atoms with Crippen LogP contribution >= 0.6 is 0 Å². The summed E-state index contributed by atoms with van der Waals surface area (Å²) in [5.41, 5.74) is 0. The maximum atomic E-state index is 12.2. The van der Waals surface area contributed by atoms with Crippen molar-refractivity contribution in [2.24, 2.45) is 0 Å². The zero-order valence-corrected chi connectivity index (χ0v) is 10.5. The largest absolute Gasteiger partial charge is 0.316 e. The van der Waals surface area contributed by atoms with Crippen LogP contribution in [-0.4, -0.2) is 48.9 Å². The molecule has 0 spiro atoms. The minimum absolute atomic E-state index is 0.114. The quantitative estimate of drug-likeness (QED) is 0.761. The van der Waals surface area contributed by atoms with Crippen LogP contribution in [0.3, 0.4) is 0 Å². The molecule has 0 amide bonds. The first kappa shape index (κ1) is 12.4. The van der Waals surface area contributed by atoms with Gasteiger partial charge in [-0.15, -0.1) is 0 Å². The van der Waals surface area contributed by atoms with Crippen LogP contribution in [0.25, 0.3) is 0 Å².